The van der Waals surface area contributed by atoms with Crippen LogP contribution in [0.2, 0.25) is 15.5 Å². The van der Waals surface area contributed by atoms with Crippen molar-refractivity contribution < 1.29 is 48.5 Å². The van der Waals surface area contributed by atoms with Gasteiger partial charge in [0.2, 0.25) is 11.8 Å². The number of fused-ring (bicyclic) bond motifs is 15. The molecule has 31 heteroatoms. The molecule has 21 rings (SSSR count). The monoisotopic (exact) mass is 1840 g/mol. The largest absolute Gasteiger partial charge is 0.474 e. The number of aryl methyl sites for hydroxylation is 2. The minimum atomic E-state index is -0.228. The number of rotatable bonds is 18. The summed E-state index contributed by atoms with van der Waals surface area (Å²) in [6.45, 7) is 18.6. The van der Waals surface area contributed by atoms with Crippen molar-refractivity contribution in [2.75, 3.05) is 98.7 Å². The van der Waals surface area contributed by atoms with E-state index in [1.165, 1.54) is 93.5 Å². The van der Waals surface area contributed by atoms with Gasteiger partial charge in [-0.25, -0.2) is 49.8 Å². The molecule has 658 valence electrons. The summed E-state index contributed by atoms with van der Waals surface area (Å²) < 4.78 is 40.1. The lowest BCUT2D eigenvalue weighted by Gasteiger charge is -2.38. The number of aromatic nitrogens is 10. The number of thiophene rings is 5. The second-order valence-electron chi connectivity index (χ2n) is 32.3. The van der Waals surface area contributed by atoms with Crippen LogP contribution in [0.1, 0.15) is 138 Å². The summed E-state index contributed by atoms with van der Waals surface area (Å²) in [7, 11) is 0. The third-order valence-corrected chi connectivity index (χ3v) is 30.4. The zero-order valence-electron chi connectivity index (χ0n) is 70.7. The summed E-state index contributed by atoms with van der Waals surface area (Å²) in [4.78, 5) is 66.9. The fraction of sp³-hybridized carbons (Fsp3) is 0.457. The Morgan fingerprint density at radius 3 is 0.992 bits per heavy atom. The molecule has 3 saturated heterocycles. The summed E-state index contributed by atoms with van der Waals surface area (Å²) >= 11 is 26.7. The number of ether oxygens (including phenoxy) is 6. The number of morpholine rings is 3. The number of carbonyl (C=O) groups excluding carboxylic acids is 1. The highest BCUT2D eigenvalue weighted by Crippen LogP contribution is 2.44. The second-order valence-corrected chi connectivity index (χ2v) is 38.6. The number of halogens is 3. The van der Waals surface area contributed by atoms with Crippen molar-refractivity contribution in [1.29, 1.82) is 0 Å². The summed E-state index contributed by atoms with van der Waals surface area (Å²) in [5, 5.41) is 39.6. The van der Waals surface area contributed by atoms with Crippen LogP contribution in [-0.4, -0.2) is 221 Å². The molecule has 5 aromatic carbocycles. The number of hydrogen-bond acceptors (Lipinski definition) is 28. The molecule has 0 atom stereocenters. The Balaban J connectivity index is 0.000000113. The Labute approximate surface area is 761 Å². The van der Waals surface area contributed by atoms with Crippen molar-refractivity contribution in [2.45, 2.75) is 179 Å². The molecule has 3 saturated carbocycles. The SMILES string of the molecule is CCCc1ccc2sc3ncnc(Cl)c3c2c1.CCCc1ccc2sc3ncnc(OC4CCC(N5CCOCC5)CC4)c3c2c1.CCOC(=O)Cc1ccc2sc3ncnc(Cl)c3c2c1.OC1CCC(N2CCOCC2)CC1.OCCc1ccc2sc3ncnc(Cl)c3c2c1.OCCc1ccc2sc3ncnc(OC4CCC(N5CCOCC5)CC4)c3c2c1. The molecule has 125 heavy (non-hydrogen) atoms. The minimum absolute atomic E-state index is 0.0303. The third kappa shape index (κ3) is 22.4. The molecule has 6 aliphatic rings. The highest BCUT2D eigenvalue weighted by atomic mass is 35.5. The number of aliphatic hydroxyl groups excluding tert-OH is 3. The number of hydrogen-bond donors (Lipinski definition) is 3. The first-order valence-corrected chi connectivity index (χ1v) is 49.1. The molecule has 15 aromatic rings. The van der Waals surface area contributed by atoms with Gasteiger partial charge < -0.3 is 43.7 Å². The maximum absolute atomic E-state index is 11.5. The minimum Gasteiger partial charge on any atom is -0.474 e. The van der Waals surface area contributed by atoms with Gasteiger partial charge in [-0.05, 0) is 198 Å². The number of carbonyl (C=O) groups is 1. The first-order valence-electron chi connectivity index (χ1n) is 43.9. The predicted molar refractivity (Wildman–Crippen MR) is 508 cm³/mol. The van der Waals surface area contributed by atoms with E-state index in [0.717, 1.165) is 242 Å². The topological polar surface area (TPSA) is 272 Å². The van der Waals surface area contributed by atoms with Crippen LogP contribution in [0.15, 0.2) is 123 Å². The van der Waals surface area contributed by atoms with E-state index in [1.54, 1.807) is 76.3 Å². The quantitative estimate of drug-likeness (QED) is 0.0532. The molecule has 3 aliphatic heterocycles. The Morgan fingerprint density at radius 1 is 0.384 bits per heavy atom. The molecular weight excluding hydrogens is 1740 g/mol. The highest BCUT2D eigenvalue weighted by Gasteiger charge is 2.32. The molecule has 23 nitrogen and oxygen atoms in total. The zero-order valence-corrected chi connectivity index (χ0v) is 77.1. The fourth-order valence-corrected chi connectivity index (χ4v) is 23.8. The first-order chi connectivity index (χ1) is 61.3. The Hall–Kier alpha value is -7.82. The molecular formula is C94H106Cl3N13O10S5. The van der Waals surface area contributed by atoms with Gasteiger partial charge in [-0.15, -0.1) is 56.7 Å². The molecule has 3 aliphatic carbocycles. The van der Waals surface area contributed by atoms with Gasteiger partial charge in [-0.2, -0.15) is 0 Å². The maximum atomic E-state index is 11.5. The molecule has 0 spiro atoms. The Bertz CT molecular complexity index is 5840. The van der Waals surface area contributed by atoms with Gasteiger partial charge in [0.1, 0.15) is 83.5 Å². The molecule has 3 N–H and O–H groups in total. The average molecular weight is 1840 g/mol. The van der Waals surface area contributed by atoms with E-state index in [2.05, 4.69) is 139 Å². The van der Waals surface area contributed by atoms with Gasteiger partial charge in [-0.3, -0.25) is 19.5 Å². The Kier molecular flexibility index (Phi) is 31.9. The molecule has 13 heterocycles. The zero-order chi connectivity index (χ0) is 86.1. The van der Waals surface area contributed by atoms with E-state index in [1.807, 2.05) is 30.3 Å². The summed E-state index contributed by atoms with van der Waals surface area (Å²) in [5.41, 5.74) is 5.84. The molecule has 0 unspecified atom stereocenters. The van der Waals surface area contributed by atoms with Gasteiger partial charge in [0.05, 0.1) is 85.7 Å². The van der Waals surface area contributed by atoms with E-state index < -0.39 is 0 Å². The summed E-state index contributed by atoms with van der Waals surface area (Å²) in [6.07, 6.45) is 27.6. The average Bonchev–Trinajstić information content (AvgIpc) is 1.63. The summed E-state index contributed by atoms with van der Waals surface area (Å²) in [6, 6.07) is 33.7. The lowest BCUT2D eigenvalue weighted by atomic mass is 9.91. The lowest BCUT2D eigenvalue weighted by molar-refractivity contribution is -0.142. The van der Waals surface area contributed by atoms with Gasteiger partial charge in [0.15, 0.2) is 0 Å². The van der Waals surface area contributed by atoms with Crippen LogP contribution in [0.5, 0.6) is 11.8 Å². The second kappa shape index (κ2) is 44.0. The van der Waals surface area contributed by atoms with E-state index in [4.69, 9.17) is 68.3 Å². The van der Waals surface area contributed by atoms with E-state index in [0.29, 0.717) is 58.9 Å². The van der Waals surface area contributed by atoms with Gasteiger partial charge in [0.25, 0.3) is 0 Å². The normalized spacial score (nSPS) is 19.8. The summed E-state index contributed by atoms with van der Waals surface area (Å²) in [5.74, 6) is 1.25. The fourth-order valence-electron chi connectivity index (χ4n) is 17.9. The van der Waals surface area contributed by atoms with Crippen LogP contribution < -0.4 is 9.47 Å². The maximum Gasteiger partial charge on any atom is 0.310 e. The molecule has 0 bridgehead atoms. The van der Waals surface area contributed by atoms with E-state index in [9.17, 15) is 15.0 Å². The first kappa shape index (κ1) is 90.5. The predicted octanol–water partition coefficient (Wildman–Crippen LogP) is 19.9. The number of esters is 1. The van der Waals surface area contributed by atoms with Gasteiger partial charge >= 0.3 is 5.97 Å². The number of benzene rings is 5. The van der Waals surface area contributed by atoms with Crippen LogP contribution in [0.3, 0.4) is 0 Å². The van der Waals surface area contributed by atoms with Gasteiger partial charge in [-0.1, -0.05) is 91.8 Å². The van der Waals surface area contributed by atoms with Gasteiger partial charge in [0, 0.05) is 121 Å². The molecule has 6 fully saturated rings. The molecule has 0 radical (unpaired) electrons. The lowest BCUT2D eigenvalue weighted by Crippen LogP contribution is -2.46. The van der Waals surface area contributed by atoms with Crippen molar-refractivity contribution in [3.63, 3.8) is 0 Å². The molecule has 10 aromatic heterocycles. The van der Waals surface area contributed by atoms with Crippen molar-refractivity contribution in [1.82, 2.24) is 64.5 Å². The van der Waals surface area contributed by atoms with Crippen LogP contribution in [-0.2, 0) is 55.8 Å². The number of aliphatic hydroxyl groups is 3. The van der Waals surface area contributed by atoms with Crippen molar-refractivity contribution in [3.05, 3.63) is 166 Å². The molecule has 0 amide bonds. The van der Waals surface area contributed by atoms with Crippen molar-refractivity contribution in [2.24, 2.45) is 0 Å². The third-order valence-electron chi connectivity index (χ3n) is 24.2. The van der Waals surface area contributed by atoms with Crippen LogP contribution >= 0.6 is 91.5 Å². The standard InChI is InChI=1S/C23H29N3O2S.C22H27N3O3S.C14H11ClN2O2S.C13H11ClN2S.C12H9ClN2OS.C10H19NO2/c1-2-3-16-4-9-20-19(14-16)21-22(24-15-25-23(21)29-20)28-18-7-5-17(6-8-18)26-10-12-27-13-11-26;26-10-7-15-1-6-19-18(13-15)20-21(23-14-24-22(20)29-19)28-17-4-2-16(3-5-17)25-8-11-27-12-9-25;1-2-19-11(18)6-8-3-4-10-9(5-8)12-13(15)16-7-17-14(12)20-10;1-2-3-8-4-5-10-9(6-8)11-12(14)15-7-16-13(11)17-10;13-11-10-8-5-7(3-4-16)1-2-9(8)17-12(10)15-6-14-11;12-10-3-1-9(2-4-10)11-5-7-13-8-6-11/h4,9,14-15,17-18H,2-3,5-8,10-13H2,1H3;1,6,13-14,16-17,26H,2-5,7-12H2;3-5,7H,2,6H2,1H3;4-7H,2-3H2,1H3;1-2,5-6,16H,3-4H2;9-10,12H,1-8H2. The van der Waals surface area contributed by atoms with Crippen LogP contribution in [0, 0.1) is 0 Å². The highest BCUT2D eigenvalue weighted by molar-refractivity contribution is 7.27. The van der Waals surface area contributed by atoms with E-state index in [-0.39, 0.29) is 43.9 Å². The van der Waals surface area contributed by atoms with Crippen LogP contribution in [0.4, 0.5) is 0 Å². The van der Waals surface area contributed by atoms with E-state index >= 15 is 0 Å². The Morgan fingerprint density at radius 2 is 0.672 bits per heavy atom. The van der Waals surface area contributed by atoms with Crippen LogP contribution in [0.25, 0.3) is 102 Å². The van der Waals surface area contributed by atoms with Crippen molar-refractivity contribution in [3.8, 4) is 11.8 Å². The smallest absolute Gasteiger partial charge is 0.310 e. The van der Waals surface area contributed by atoms with Crippen molar-refractivity contribution >= 4 is 199 Å². The number of nitrogens with zero attached hydrogens (tertiary/aromatic N) is 13.